The minimum Gasteiger partial charge on any atom is -0.485 e. The summed E-state index contributed by atoms with van der Waals surface area (Å²) in [5.74, 6) is 0.482. The molecule has 4 N–H and O–H groups in total. The fourth-order valence-corrected chi connectivity index (χ4v) is 1.68. The zero-order valence-electron chi connectivity index (χ0n) is 11.8. The second-order valence-electron chi connectivity index (χ2n) is 4.59. The molecular formula is C14H21N3O3. The molecule has 0 fully saturated rings. The van der Waals surface area contributed by atoms with Crippen molar-refractivity contribution in [3.8, 4) is 5.75 Å². The van der Waals surface area contributed by atoms with Crippen molar-refractivity contribution in [1.29, 1.82) is 0 Å². The van der Waals surface area contributed by atoms with Gasteiger partial charge in [-0.15, -0.1) is 0 Å². The van der Waals surface area contributed by atoms with Crippen LogP contribution in [0.3, 0.4) is 0 Å². The summed E-state index contributed by atoms with van der Waals surface area (Å²) in [6.07, 6.45) is 1.82. The Labute approximate surface area is 118 Å². The van der Waals surface area contributed by atoms with Crippen LogP contribution in [0.5, 0.6) is 5.75 Å². The Morgan fingerprint density at radius 1 is 1.55 bits per heavy atom. The Balaban J connectivity index is 2.61. The first-order valence-corrected chi connectivity index (χ1v) is 6.57. The van der Waals surface area contributed by atoms with E-state index in [2.05, 4.69) is 10.5 Å². The van der Waals surface area contributed by atoms with Gasteiger partial charge in [-0.05, 0) is 18.6 Å². The average molecular weight is 279 g/mol. The molecule has 1 amide bonds. The second-order valence-corrected chi connectivity index (χ2v) is 4.59. The van der Waals surface area contributed by atoms with Gasteiger partial charge in [-0.25, -0.2) is 0 Å². The Morgan fingerprint density at radius 3 is 2.95 bits per heavy atom. The molecule has 6 nitrogen and oxygen atoms in total. The summed E-state index contributed by atoms with van der Waals surface area (Å²) >= 11 is 0. The van der Waals surface area contributed by atoms with Crippen LogP contribution in [0.4, 0.5) is 5.69 Å². The minimum absolute atomic E-state index is 0.0135. The monoisotopic (exact) mass is 279 g/mol. The molecule has 1 atom stereocenters. The van der Waals surface area contributed by atoms with Crippen molar-refractivity contribution in [3.63, 3.8) is 0 Å². The Kier molecular flexibility index (Phi) is 6.36. The molecule has 1 rings (SSSR count). The van der Waals surface area contributed by atoms with Crippen molar-refractivity contribution in [2.75, 3.05) is 11.9 Å². The molecule has 0 aliphatic rings. The molecule has 0 aliphatic heterocycles. The van der Waals surface area contributed by atoms with Crippen LogP contribution in [0.15, 0.2) is 29.4 Å². The number of carbonyl (C=O) groups excluding carboxylic acids is 1. The highest BCUT2D eigenvalue weighted by Gasteiger charge is 2.12. The van der Waals surface area contributed by atoms with Gasteiger partial charge < -0.3 is 21.0 Å². The molecule has 0 saturated carbocycles. The van der Waals surface area contributed by atoms with Gasteiger partial charge in [0, 0.05) is 17.7 Å². The lowest BCUT2D eigenvalue weighted by Gasteiger charge is -2.12. The third-order valence-corrected chi connectivity index (χ3v) is 2.79. The van der Waals surface area contributed by atoms with Crippen LogP contribution < -0.4 is 15.8 Å². The van der Waals surface area contributed by atoms with Crippen molar-refractivity contribution in [3.05, 3.63) is 24.3 Å². The number of nitrogens with two attached hydrogens (primary N) is 1. The zero-order chi connectivity index (χ0) is 15.0. The first-order valence-electron chi connectivity index (χ1n) is 6.57. The first-order chi connectivity index (χ1) is 9.56. The molecule has 0 heterocycles. The highest BCUT2D eigenvalue weighted by atomic mass is 16.5. The lowest BCUT2D eigenvalue weighted by atomic mass is 10.1. The molecule has 0 aliphatic carbocycles. The number of amidine groups is 1. The number of hydrogen-bond acceptors (Lipinski definition) is 4. The van der Waals surface area contributed by atoms with Crippen molar-refractivity contribution in [2.24, 2.45) is 16.8 Å². The molecular weight excluding hydrogens is 258 g/mol. The van der Waals surface area contributed by atoms with E-state index in [1.165, 1.54) is 0 Å². The maximum Gasteiger partial charge on any atom is 0.227 e. The summed E-state index contributed by atoms with van der Waals surface area (Å²) in [6, 6.07) is 6.98. The van der Waals surface area contributed by atoms with E-state index in [0.717, 1.165) is 12.8 Å². The number of amides is 1. The number of oxime groups is 1. The third-order valence-electron chi connectivity index (χ3n) is 2.79. The fraction of sp³-hybridized carbons (Fsp3) is 0.429. The van der Waals surface area contributed by atoms with E-state index in [9.17, 15) is 4.79 Å². The molecule has 0 spiro atoms. The number of carbonyl (C=O) groups is 1. The normalized spacial score (nSPS) is 12.8. The molecule has 0 saturated heterocycles. The van der Waals surface area contributed by atoms with E-state index < -0.39 is 0 Å². The maximum absolute atomic E-state index is 11.9. The van der Waals surface area contributed by atoms with Gasteiger partial charge in [0.25, 0.3) is 0 Å². The van der Waals surface area contributed by atoms with Gasteiger partial charge in [0.05, 0.1) is 0 Å². The second kappa shape index (κ2) is 8.04. The van der Waals surface area contributed by atoms with Crippen LogP contribution >= 0.6 is 0 Å². The molecule has 0 radical (unpaired) electrons. The Morgan fingerprint density at radius 2 is 2.30 bits per heavy atom. The Hall–Kier alpha value is -2.24. The number of nitrogens with one attached hydrogen (secondary N) is 1. The van der Waals surface area contributed by atoms with Crippen LogP contribution in [0.2, 0.25) is 0 Å². The molecule has 6 heteroatoms. The van der Waals surface area contributed by atoms with Gasteiger partial charge in [0.1, 0.15) is 12.4 Å². The highest BCUT2D eigenvalue weighted by Crippen LogP contribution is 2.18. The molecule has 20 heavy (non-hydrogen) atoms. The number of rotatable bonds is 7. The van der Waals surface area contributed by atoms with Crippen LogP contribution in [-0.4, -0.2) is 23.6 Å². The lowest BCUT2D eigenvalue weighted by Crippen LogP contribution is -2.21. The van der Waals surface area contributed by atoms with E-state index >= 15 is 0 Å². The standard InChI is InChI=1S/C14H21N3O3/c1-3-5-10(2)14(18)16-11-6-4-7-12(8-11)20-9-13(15)17-19/h4,6-8,10,19H,3,5,9H2,1-2H3,(H2,15,17)(H,16,18). The van der Waals surface area contributed by atoms with E-state index in [4.69, 9.17) is 15.7 Å². The number of benzene rings is 1. The largest absolute Gasteiger partial charge is 0.485 e. The predicted octanol–water partition coefficient (Wildman–Crippen LogP) is 2.19. The van der Waals surface area contributed by atoms with Crippen molar-refractivity contribution in [1.82, 2.24) is 0 Å². The van der Waals surface area contributed by atoms with Gasteiger partial charge in [-0.3, -0.25) is 4.79 Å². The first kappa shape index (κ1) is 15.8. The molecule has 0 aromatic heterocycles. The van der Waals surface area contributed by atoms with Gasteiger partial charge in [-0.1, -0.05) is 31.5 Å². The van der Waals surface area contributed by atoms with Gasteiger partial charge in [0.15, 0.2) is 5.84 Å². The van der Waals surface area contributed by atoms with Crippen LogP contribution in [-0.2, 0) is 4.79 Å². The number of hydrogen-bond donors (Lipinski definition) is 3. The highest BCUT2D eigenvalue weighted by molar-refractivity contribution is 5.92. The molecule has 110 valence electrons. The summed E-state index contributed by atoms with van der Waals surface area (Å²) in [7, 11) is 0. The van der Waals surface area contributed by atoms with Crippen molar-refractivity contribution >= 4 is 17.4 Å². The molecule has 1 unspecified atom stereocenters. The van der Waals surface area contributed by atoms with Crippen molar-refractivity contribution < 1.29 is 14.7 Å². The lowest BCUT2D eigenvalue weighted by molar-refractivity contribution is -0.119. The topological polar surface area (TPSA) is 96.9 Å². The van der Waals surface area contributed by atoms with Crippen LogP contribution in [0.1, 0.15) is 26.7 Å². The summed E-state index contributed by atoms with van der Waals surface area (Å²) in [5, 5.41) is 14.1. The zero-order valence-corrected chi connectivity index (χ0v) is 11.8. The van der Waals surface area contributed by atoms with E-state index in [-0.39, 0.29) is 24.3 Å². The molecule has 1 aromatic rings. The number of nitrogens with zero attached hydrogens (tertiary/aromatic N) is 1. The predicted molar refractivity (Wildman–Crippen MR) is 78.0 cm³/mol. The summed E-state index contributed by atoms with van der Waals surface area (Å²) < 4.78 is 5.32. The van der Waals surface area contributed by atoms with Crippen LogP contribution in [0, 0.1) is 5.92 Å². The smallest absolute Gasteiger partial charge is 0.227 e. The molecule has 0 bridgehead atoms. The van der Waals surface area contributed by atoms with E-state index in [1.54, 1.807) is 24.3 Å². The third kappa shape index (κ3) is 5.17. The molecule has 1 aromatic carbocycles. The van der Waals surface area contributed by atoms with Gasteiger partial charge in [0.2, 0.25) is 5.91 Å². The average Bonchev–Trinajstić information content (AvgIpc) is 2.45. The number of ether oxygens (including phenoxy) is 1. The van der Waals surface area contributed by atoms with E-state index in [0.29, 0.717) is 11.4 Å². The summed E-state index contributed by atoms with van der Waals surface area (Å²) in [6.45, 7) is 3.93. The quantitative estimate of drug-likeness (QED) is 0.308. The van der Waals surface area contributed by atoms with Crippen LogP contribution in [0.25, 0.3) is 0 Å². The maximum atomic E-state index is 11.9. The minimum atomic E-state index is -0.0262. The van der Waals surface area contributed by atoms with Gasteiger partial charge >= 0.3 is 0 Å². The van der Waals surface area contributed by atoms with E-state index in [1.807, 2.05) is 13.8 Å². The SMILES string of the molecule is CCCC(C)C(=O)Nc1cccc(OC/C(N)=N/O)c1. The Bertz CT molecular complexity index is 474. The summed E-state index contributed by atoms with van der Waals surface area (Å²) in [4.78, 5) is 11.9. The fourth-order valence-electron chi connectivity index (χ4n) is 1.68. The van der Waals surface area contributed by atoms with Crippen molar-refractivity contribution in [2.45, 2.75) is 26.7 Å². The summed E-state index contributed by atoms with van der Waals surface area (Å²) in [5.41, 5.74) is 5.98. The van der Waals surface area contributed by atoms with Gasteiger partial charge in [-0.2, -0.15) is 0 Å². The number of anilines is 1.